The molecule has 0 aliphatic rings. The van der Waals surface area contributed by atoms with Crippen molar-refractivity contribution in [2.45, 2.75) is 19.8 Å². The largest absolute Gasteiger partial charge is 0.396 e. The fraction of sp³-hybridized carbons (Fsp3) is 0.444. The maximum absolute atomic E-state index is 8.60. The Hall–Kier alpha value is -0.890. The highest BCUT2D eigenvalue weighted by atomic mass is 16.2. The third-order valence-corrected chi connectivity index (χ3v) is 1.75. The van der Waals surface area contributed by atoms with Crippen LogP contribution in [0, 0.1) is 6.92 Å². The highest BCUT2D eigenvalue weighted by molar-refractivity contribution is 5.21. The van der Waals surface area contributed by atoms with Gasteiger partial charge in [-0.1, -0.05) is 0 Å². The number of hydrogen-bond donors (Lipinski definition) is 1. The molecule has 0 bridgehead atoms. The van der Waals surface area contributed by atoms with E-state index in [1.165, 1.54) is 11.1 Å². The minimum atomic E-state index is 0.258. The van der Waals surface area contributed by atoms with Gasteiger partial charge < -0.3 is 5.11 Å². The Kier molecular flexibility index (Phi) is 3.05. The van der Waals surface area contributed by atoms with Crippen molar-refractivity contribution in [3.05, 3.63) is 29.6 Å². The van der Waals surface area contributed by atoms with E-state index < -0.39 is 0 Å². The highest BCUT2D eigenvalue weighted by Gasteiger charge is 1.95. The van der Waals surface area contributed by atoms with Crippen LogP contribution in [0.15, 0.2) is 18.5 Å². The molecule has 0 radical (unpaired) electrons. The standard InChI is InChI=1S/C9H13NO/c1-8-4-5-10-7-9(8)3-2-6-11/h4-5,7,11H,2-3,6H2,1H3. The van der Waals surface area contributed by atoms with Crippen LogP contribution in [0.2, 0.25) is 0 Å². The summed E-state index contributed by atoms with van der Waals surface area (Å²) in [5, 5.41) is 8.60. The van der Waals surface area contributed by atoms with Gasteiger partial charge in [0.25, 0.3) is 0 Å². The molecule has 0 aromatic carbocycles. The third kappa shape index (κ3) is 2.31. The second kappa shape index (κ2) is 4.09. The van der Waals surface area contributed by atoms with Gasteiger partial charge in [-0.25, -0.2) is 0 Å². The van der Waals surface area contributed by atoms with E-state index in [1.54, 1.807) is 6.20 Å². The molecule has 0 saturated carbocycles. The fourth-order valence-electron chi connectivity index (χ4n) is 1.03. The molecule has 1 aromatic rings. The molecule has 11 heavy (non-hydrogen) atoms. The summed E-state index contributed by atoms with van der Waals surface area (Å²) in [7, 11) is 0. The van der Waals surface area contributed by atoms with E-state index in [0.717, 1.165) is 12.8 Å². The Morgan fingerprint density at radius 3 is 3.00 bits per heavy atom. The molecule has 0 saturated heterocycles. The lowest BCUT2D eigenvalue weighted by atomic mass is 10.1. The molecule has 0 aliphatic heterocycles. The van der Waals surface area contributed by atoms with E-state index in [9.17, 15) is 0 Å². The van der Waals surface area contributed by atoms with Crippen LogP contribution < -0.4 is 0 Å². The van der Waals surface area contributed by atoms with Crippen molar-refractivity contribution in [3.63, 3.8) is 0 Å². The number of aliphatic hydroxyl groups is 1. The second-order valence-electron chi connectivity index (χ2n) is 2.63. The van der Waals surface area contributed by atoms with Crippen LogP contribution in [0.25, 0.3) is 0 Å². The van der Waals surface area contributed by atoms with Gasteiger partial charge in [-0.2, -0.15) is 0 Å². The van der Waals surface area contributed by atoms with Crippen LogP contribution in [0.3, 0.4) is 0 Å². The smallest absolute Gasteiger partial charge is 0.0434 e. The zero-order valence-electron chi connectivity index (χ0n) is 6.75. The van der Waals surface area contributed by atoms with Crippen LogP contribution >= 0.6 is 0 Å². The van der Waals surface area contributed by atoms with Gasteiger partial charge in [0.15, 0.2) is 0 Å². The van der Waals surface area contributed by atoms with E-state index >= 15 is 0 Å². The lowest BCUT2D eigenvalue weighted by Crippen LogP contribution is -1.93. The Morgan fingerprint density at radius 1 is 1.55 bits per heavy atom. The summed E-state index contributed by atoms with van der Waals surface area (Å²) < 4.78 is 0. The maximum Gasteiger partial charge on any atom is 0.0434 e. The minimum Gasteiger partial charge on any atom is -0.396 e. The van der Waals surface area contributed by atoms with E-state index in [4.69, 9.17) is 5.11 Å². The molecule has 1 N–H and O–H groups in total. The first-order chi connectivity index (χ1) is 5.34. The van der Waals surface area contributed by atoms with E-state index in [2.05, 4.69) is 11.9 Å². The van der Waals surface area contributed by atoms with Gasteiger partial charge in [0.2, 0.25) is 0 Å². The van der Waals surface area contributed by atoms with Gasteiger partial charge in [-0.15, -0.1) is 0 Å². The Labute approximate surface area is 66.9 Å². The molecule has 0 spiro atoms. The Morgan fingerprint density at radius 2 is 2.36 bits per heavy atom. The van der Waals surface area contributed by atoms with Crippen LogP contribution in [-0.4, -0.2) is 16.7 Å². The molecule has 0 unspecified atom stereocenters. The van der Waals surface area contributed by atoms with Crippen molar-refractivity contribution in [1.29, 1.82) is 0 Å². The monoisotopic (exact) mass is 151 g/mol. The first-order valence-corrected chi connectivity index (χ1v) is 3.85. The maximum atomic E-state index is 8.60. The Bertz CT molecular complexity index is 223. The molecule has 0 aliphatic carbocycles. The number of aromatic nitrogens is 1. The van der Waals surface area contributed by atoms with Crippen LogP contribution in [-0.2, 0) is 6.42 Å². The van der Waals surface area contributed by atoms with Gasteiger partial charge in [0.1, 0.15) is 0 Å². The molecule has 2 heteroatoms. The van der Waals surface area contributed by atoms with Gasteiger partial charge in [0.05, 0.1) is 0 Å². The number of pyridine rings is 1. The quantitative estimate of drug-likeness (QED) is 0.706. The summed E-state index contributed by atoms with van der Waals surface area (Å²) in [6, 6.07) is 1.99. The summed E-state index contributed by atoms with van der Waals surface area (Å²) in [4.78, 5) is 4.02. The predicted octanol–water partition coefficient (Wildman–Crippen LogP) is 1.31. The van der Waals surface area contributed by atoms with Gasteiger partial charge in [-0.05, 0) is 37.0 Å². The molecule has 1 aromatic heterocycles. The molecular weight excluding hydrogens is 138 g/mol. The van der Waals surface area contributed by atoms with E-state index in [0.29, 0.717) is 0 Å². The number of hydrogen-bond acceptors (Lipinski definition) is 2. The normalized spacial score (nSPS) is 10.0. The lowest BCUT2D eigenvalue weighted by molar-refractivity contribution is 0.288. The zero-order chi connectivity index (χ0) is 8.10. The van der Waals surface area contributed by atoms with Crippen molar-refractivity contribution in [3.8, 4) is 0 Å². The van der Waals surface area contributed by atoms with Crippen molar-refractivity contribution in [2.24, 2.45) is 0 Å². The average Bonchev–Trinajstić information content (AvgIpc) is 2.03. The van der Waals surface area contributed by atoms with Gasteiger partial charge >= 0.3 is 0 Å². The average molecular weight is 151 g/mol. The molecule has 0 fully saturated rings. The predicted molar refractivity (Wildman–Crippen MR) is 44.4 cm³/mol. The molecule has 0 atom stereocenters. The van der Waals surface area contributed by atoms with Gasteiger partial charge in [-0.3, -0.25) is 4.98 Å². The summed E-state index contributed by atoms with van der Waals surface area (Å²) >= 11 is 0. The fourth-order valence-corrected chi connectivity index (χ4v) is 1.03. The van der Waals surface area contributed by atoms with Crippen molar-refractivity contribution >= 4 is 0 Å². The molecule has 2 nitrogen and oxygen atoms in total. The number of aryl methyl sites for hydroxylation is 2. The number of nitrogens with zero attached hydrogens (tertiary/aromatic N) is 1. The van der Waals surface area contributed by atoms with E-state index in [1.807, 2.05) is 12.3 Å². The molecular formula is C9H13NO. The second-order valence-corrected chi connectivity index (χ2v) is 2.63. The lowest BCUT2D eigenvalue weighted by Gasteiger charge is -2.01. The highest BCUT2D eigenvalue weighted by Crippen LogP contribution is 2.06. The first-order valence-electron chi connectivity index (χ1n) is 3.85. The molecule has 1 rings (SSSR count). The number of aliphatic hydroxyl groups excluding tert-OH is 1. The van der Waals surface area contributed by atoms with Crippen molar-refractivity contribution < 1.29 is 5.11 Å². The molecule has 1 heterocycles. The summed E-state index contributed by atoms with van der Waals surface area (Å²) in [6.45, 7) is 2.32. The zero-order valence-corrected chi connectivity index (χ0v) is 6.75. The van der Waals surface area contributed by atoms with Gasteiger partial charge in [0, 0.05) is 19.0 Å². The minimum absolute atomic E-state index is 0.258. The van der Waals surface area contributed by atoms with Crippen LogP contribution in [0.1, 0.15) is 17.5 Å². The van der Waals surface area contributed by atoms with Crippen LogP contribution in [0.5, 0.6) is 0 Å². The first kappa shape index (κ1) is 8.21. The topological polar surface area (TPSA) is 33.1 Å². The van der Waals surface area contributed by atoms with Crippen molar-refractivity contribution in [1.82, 2.24) is 4.98 Å². The summed E-state index contributed by atoms with van der Waals surface area (Å²) in [6.07, 6.45) is 5.41. The van der Waals surface area contributed by atoms with E-state index in [-0.39, 0.29) is 6.61 Å². The summed E-state index contributed by atoms with van der Waals surface area (Å²) in [5.41, 5.74) is 2.50. The molecule has 0 amide bonds. The summed E-state index contributed by atoms with van der Waals surface area (Å²) in [5.74, 6) is 0. The van der Waals surface area contributed by atoms with Crippen LogP contribution in [0.4, 0.5) is 0 Å². The SMILES string of the molecule is Cc1ccncc1CCCO. The Balaban J connectivity index is 2.62. The van der Waals surface area contributed by atoms with Crippen molar-refractivity contribution in [2.75, 3.05) is 6.61 Å². The number of rotatable bonds is 3. The third-order valence-electron chi connectivity index (χ3n) is 1.75. The molecule has 60 valence electrons.